The fraction of sp³-hybridized carbons (Fsp3) is 0.800. The largest absolute Gasteiger partial charge is 0.330 e. The molecular weight excluding hydrogens is 270 g/mol. The maximum atomic E-state index is 12.6. The highest BCUT2D eigenvalue weighted by Crippen LogP contribution is 2.44. The number of imide groups is 2. The first-order chi connectivity index (χ1) is 10.0. The molecule has 6 heteroatoms. The van der Waals surface area contributed by atoms with Crippen molar-refractivity contribution in [3.8, 4) is 0 Å². The molecular formula is C15H23N3O3. The number of carbonyl (C=O) groups excluding carboxylic acids is 3. The fourth-order valence-corrected chi connectivity index (χ4v) is 3.64. The summed E-state index contributed by atoms with van der Waals surface area (Å²) in [6.07, 6.45) is 4.48. The molecule has 2 saturated heterocycles. The Labute approximate surface area is 124 Å². The molecule has 3 rings (SSSR count). The van der Waals surface area contributed by atoms with Crippen LogP contribution in [0.2, 0.25) is 0 Å². The number of nitrogens with one attached hydrogen (secondary N) is 1. The van der Waals surface area contributed by atoms with Gasteiger partial charge in [-0.25, -0.2) is 4.79 Å². The molecule has 0 radical (unpaired) electrons. The maximum Gasteiger partial charge on any atom is 0.330 e. The molecule has 0 aromatic heterocycles. The standard InChI is InChI=1S/C15H23N3O3/c1-11(9-17-7-2-3-8-17)10-18-13(20)15(5-4-6-15)12(19)16-14(18)21/h11H,2-10H2,1H3,(H,16,19,21). The van der Waals surface area contributed by atoms with E-state index in [1.807, 2.05) is 0 Å². The molecule has 0 aromatic carbocycles. The normalized spacial score (nSPS) is 26.9. The first kappa shape index (κ1) is 14.5. The Morgan fingerprint density at radius 1 is 1.10 bits per heavy atom. The average molecular weight is 293 g/mol. The smallest absolute Gasteiger partial charge is 0.303 e. The molecule has 1 aliphatic carbocycles. The molecule has 3 aliphatic rings. The minimum atomic E-state index is -0.943. The van der Waals surface area contributed by atoms with Crippen LogP contribution in [0.3, 0.4) is 0 Å². The zero-order chi connectivity index (χ0) is 15.0. The Hall–Kier alpha value is -1.43. The minimum absolute atomic E-state index is 0.225. The van der Waals surface area contributed by atoms with Crippen molar-refractivity contribution in [2.24, 2.45) is 11.3 Å². The van der Waals surface area contributed by atoms with Crippen molar-refractivity contribution >= 4 is 17.8 Å². The van der Waals surface area contributed by atoms with Crippen molar-refractivity contribution in [1.29, 1.82) is 0 Å². The number of nitrogens with zero attached hydrogens (tertiary/aromatic N) is 2. The predicted octanol–water partition coefficient (Wildman–Crippen LogP) is 0.967. The zero-order valence-corrected chi connectivity index (χ0v) is 12.6. The van der Waals surface area contributed by atoms with Crippen molar-refractivity contribution in [2.45, 2.75) is 39.0 Å². The SMILES string of the molecule is CC(CN1CCCC1)CN1C(=O)NC(=O)C2(CCC2)C1=O. The number of likely N-dealkylation sites (tertiary alicyclic amines) is 1. The van der Waals surface area contributed by atoms with Gasteiger partial charge in [0.05, 0.1) is 0 Å². The highest BCUT2D eigenvalue weighted by Gasteiger charge is 2.57. The summed E-state index contributed by atoms with van der Waals surface area (Å²) in [6, 6.07) is -0.546. The van der Waals surface area contributed by atoms with Crippen LogP contribution >= 0.6 is 0 Å². The predicted molar refractivity (Wildman–Crippen MR) is 76.4 cm³/mol. The second kappa shape index (κ2) is 5.40. The van der Waals surface area contributed by atoms with Gasteiger partial charge in [0.1, 0.15) is 5.41 Å². The second-order valence-corrected chi connectivity index (χ2v) is 6.72. The first-order valence-corrected chi connectivity index (χ1v) is 7.93. The maximum absolute atomic E-state index is 12.6. The van der Waals surface area contributed by atoms with E-state index in [4.69, 9.17) is 0 Å². The van der Waals surface area contributed by atoms with Crippen LogP contribution in [0.1, 0.15) is 39.0 Å². The molecule has 1 unspecified atom stereocenters. The van der Waals surface area contributed by atoms with Crippen molar-refractivity contribution in [3.63, 3.8) is 0 Å². The Morgan fingerprint density at radius 2 is 1.76 bits per heavy atom. The molecule has 0 aromatic rings. The molecule has 1 atom stereocenters. The van der Waals surface area contributed by atoms with Crippen molar-refractivity contribution in [2.75, 3.05) is 26.2 Å². The van der Waals surface area contributed by atoms with Gasteiger partial charge in [-0.05, 0) is 44.7 Å². The van der Waals surface area contributed by atoms with Crippen LogP contribution in [0.15, 0.2) is 0 Å². The fourth-order valence-electron chi connectivity index (χ4n) is 3.64. The highest BCUT2D eigenvalue weighted by molar-refractivity contribution is 6.19. The molecule has 2 aliphatic heterocycles. The summed E-state index contributed by atoms with van der Waals surface area (Å²) in [5.41, 5.74) is -0.943. The first-order valence-electron chi connectivity index (χ1n) is 7.93. The van der Waals surface area contributed by atoms with E-state index in [1.165, 1.54) is 17.7 Å². The summed E-state index contributed by atoms with van der Waals surface area (Å²) >= 11 is 0. The number of hydrogen-bond acceptors (Lipinski definition) is 4. The Kier molecular flexibility index (Phi) is 3.73. The number of carbonyl (C=O) groups is 3. The van der Waals surface area contributed by atoms with Gasteiger partial charge in [0.15, 0.2) is 0 Å². The molecule has 116 valence electrons. The minimum Gasteiger partial charge on any atom is -0.303 e. The number of barbiturate groups is 1. The van der Waals surface area contributed by atoms with E-state index in [9.17, 15) is 14.4 Å². The van der Waals surface area contributed by atoms with Crippen LogP contribution in [0, 0.1) is 11.3 Å². The van der Waals surface area contributed by atoms with Crippen molar-refractivity contribution in [3.05, 3.63) is 0 Å². The lowest BCUT2D eigenvalue weighted by molar-refractivity contribution is -0.158. The highest BCUT2D eigenvalue weighted by atomic mass is 16.2. The average Bonchev–Trinajstić information content (AvgIpc) is 2.85. The van der Waals surface area contributed by atoms with Gasteiger partial charge in [0.2, 0.25) is 11.8 Å². The van der Waals surface area contributed by atoms with Gasteiger partial charge in [0, 0.05) is 13.1 Å². The van der Waals surface area contributed by atoms with E-state index in [0.29, 0.717) is 19.4 Å². The summed E-state index contributed by atoms with van der Waals surface area (Å²) in [6.45, 7) is 5.57. The van der Waals surface area contributed by atoms with Gasteiger partial charge in [-0.15, -0.1) is 0 Å². The third-order valence-electron chi connectivity index (χ3n) is 5.02. The van der Waals surface area contributed by atoms with Crippen LogP contribution < -0.4 is 5.32 Å². The van der Waals surface area contributed by atoms with Crippen LogP contribution in [0.5, 0.6) is 0 Å². The summed E-state index contributed by atoms with van der Waals surface area (Å²) in [4.78, 5) is 40.1. The summed E-state index contributed by atoms with van der Waals surface area (Å²) in [5, 5.41) is 2.37. The number of rotatable bonds is 4. The third-order valence-corrected chi connectivity index (χ3v) is 5.02. The lowest BCUT2D eigenvalue weighted by Crippen LogP contribution is -2.66. The molecule has 6 nitrogen and oxygen atoms in total. The molecule has 2 heterocycles. The van der Waals surface area contributed by atoms with Crippen LogP contribution in [-0.2, 0) is 9.59 Å². The molecule has 1 N–H and O–H groups in total. The van der Waals surface area contributed by atoms with Crippen LogP contribution in [0.25, 0.3) is 0 Å². The van der Waals surface area contributed by atoms with Gasteiger partial charge in [0.25, 0.3) is 0 Å². The van der Waals surface area contributed by atoms with Gasteiger partial charge in [-0.2, -0.15) is 0 Å². The van der Waals surface area contributed by atoms with E-state index >= 15 is 0 Å². The molecule has 1 saturated carbocycles. The Bertz CT molecular complexity index is 467. The van der Waals surface area contributed by atoms with E-state index < -0.39 is 17.4 Å². The van der Waals surface area contributed by atoms with E-state index in [1.54, 1.807) is 0 Å². The van der Waals surface area contributed by atoms with E-state index in [2.05, 4.69) is 17.1 Å². The van der Waals surface area contributed by atoms with Gasteiger partial charge in [-0.3, -0.25) is 19.8 Å². The van der Waals surface area contributed by atoms with E-state index in [-0.39, 0.29) is 11.8 Å². The van der Waals surface area contributed by atoms with Crippen molar-refractivity contribution in [1.82, 2.24) is 15.1 Å². The summed E-state index contributed by atoms with van der Waals surface area (Å²) < 4.78 is 0. The summed E-state index contributed by atoms with van der Waals surface area (Å²) in [5.74, 6) is -0.453. The van der Waals surface area contributed by atoms with Crippen LogP contribution in [-0.4, -0.2) is 53.8 Å². The topological polar surface area (TPSA) is 69.7 Å². The number of urea groups is 1. The molecule has 1 spiro atoms. The monoisotopic (exact) mass is 293 g/mol. The van der Waals surface area contributed by atoms with E-state index in [0.717, 1.165) is 26.1 Å². The molecule has 4 amide bonds. The lowest BCUT2D eigenvalue weighted by atomic mass is 9.66. The zero-order valence-electron chi connectivity index (χ0n) is 12.6. The van der Waals surface area contributed by atoms with Gasteiger partial charge >= 0.3 is 6.03 Å². The number of hydrogen-bond donors (Lipinski definition) is 1. The van der Waals surface area contributed by atoms with Gasteiger partial charge in [-0.1, -0.05) is 13.3 Å². The second-order valence-electron chi connectivity index (χ2n) is 6.72. The molecule has 0 bridgehead atoms. The third kappa shape index (κ3) is 2.46. The van der Waals surface area contributed by atoms with Crippen molar-refractivity contribution < 1.29 is 14.4 Å². The van der Waals surface area contributed by atoms with Crippen LogP contribution in [0.4, 0.5) is 4.79 Å². The summed E-state index contributed by atoms with van der Waals surface area (Å²) in [7, 11) is 0. The molecule has 21 heavy (non-hydrogen) atoms. The van der Waals surface area contributed by atoms with Gasteiger partial charge < -0.3 is 4.90 Å². The quantitative estimate of drug-likeness (QED) is 0.784. The lowest BCUT2D eigenvalue weighted by Gasteiger charge is -2.45. The molecule has 3 fully saturated rings. The number of amides is 4. The Balaban J connectivity index is 1.64. The Morgan fingerprint density at radius 3 is 2.33 bits per heavy atom.